The zero-order chi connectivity index (χ0) is 17.0. The van der Waals surface area contributed by atoms with E-state index in [1.165, 1.54) is 12.1 Å². The first-order valence-electron chi connectivity index (χ1n) is 7.09. The van der Waals surface area contributed by atoms with E-state index in [4.69, 9.17) is 4.74 Å². The van der Waals surface area contributed by atoms with E-state index in [1.54, 1.807) is 26.8 Å². The van der Waals surface area contributed by atoms with E-state index in [9.17, 15) is 14.9 Å². The van der Waals surface area contributed by atoms with Gasteiger partial charge in [-0.15, -0.1) is 0 Å². The van der Waals surface area contributed by atoms with E-state index in [0.717, 1.165) is 0 Å². The molecule has 0 fully saturated rings. The number of nitro groups is 1. The fraction of sp³-hybridized carbons (Fsp3) is 0.429. The summed E-state index contributed by atoms with van der Waals surface area (Å²) in [6.45, 7) is 6.16. The maximum atomic E-state index is 11.5. The van der Waals surface area contributed by atoms with Crippen molar-refractivity contribution in [3.05, 3.63) is 28.3 Å². The first kappa shape index (κ1) is 16.5. The van der Waals surface area contributed by atoms with Crippen molar-refractivity contribution in [3.63, 3.8) is 0 Å². The van der Waals surface area contributed by atoms with E-state index in [2.05, 4.69) is 20.6 Å². The Hall–Kier alpha value is -2.84. The maximum absolute atomic E-state index is 11.5. The molecule has 1 amide bonds. The highest BCUT2D eigenvalue weighted by Crippen LogP contribution is 2.20. The summed E-state index contributed by atoms with van der Waals surface area (Å²) in [5.41, 5.74) is 0.657. The van der Waals surface area contributed by atoms with Crippen LogP contribution in [0.15, 0.2) is 18.2 Å². The summed E-state index contributed by atoms with van der Waals surface area (Å²) in [7, 11) is 0. The van der Waals surface area contributed by atoms with Crippen molar-refractivity contribution < 1.29 is 14.5 Å². The summed E-state index contributed by atoms with van der Waals surface area (Å²) < 4.78 is 5.11. The number of aromatic nitrogens is 2. The molecule has 124 valence electrons. The molecule has 1 aromatic carbocycles. The molecule has 9 nitrogen and oxygen atoms in total. The van der Waals surface area contributed by atoms with Crippen molar-refractivity contribution in [2.75, 3.05) is 18.4 Å². The molecule has 3 N–H and O–H groups in total. The zero-order valence-corrected chi connectivity index (χ0v) is 13.2. The molecule has 0 atom stereocenters. The van der Waals surface area contributed by atoms with Gasteiger partial charge in [0.25, 0.3) is 5.69 Å². The summed E-state index contributed by atoms with van der Waals surface area (Å²) in [6.07, 6.45) is -0.487. The van der Waals surface area contributed by atoms with Crippen LogP contribution in [0.5, 0.6) is 0 Å². The Bertz CT molecular complexity index is 720. The van der Waals surface area contributed by atoms with Gasteiger partial charge in [-0.05, 0) is 26.8 Å². The first-order valence-corrected chi connectivity index (χ1v) is 7.09. The van der Waals surface area contributed by atoms with Gasteiger partial charge in [-0.25, -0.2) is 9.78 Å². The second kappa shape index (κ2) is 6.51. The zero-order valence-electron chi connectivity index (χ0n) is 13.2. The van der Waals surface area contributed by atoms with Crippen molar-refractivity contribution in [2.24, 2.45) is 0 Å². The number of rotatable bonds is 5. The van der Waals surface area contributed by atoms with Gasteiger partial charge >= 0.3 is 6.09 Å². The topological polar surface area (TPSA) is 122 Å². The monoisotopic (exact) mass is 321 g/mol. The molecule has 0 saturated carbocycles. The minimum atomic E-state index is -0.537. The van der Waals surface area contributed by atoms with Crippen LogP contribution in [0.2, 0.25) is 0 Å². The van der Waals surface area contributed by atoms with Crippen molar-refractivity contribution in [2.45, 2.75) is 26.4 Å². The number of alkyl carbamates (subject to hydrolysis) is 1. The van der Waals surface area contributed by atoms with Gasteiger partial charge in [0.2, 0.25) is 5.95 Å². The molecule has 2 rings (SSSR count). The molecule has 0 aliphatic rings. The molecular formula is C14H19N5O4. The number of imidazole rings is 1. The Kier molecular flexibility index (Phi) is 4.68. The average molecular weight is 321 g/mol. The molecule has 2 aromatic rings. The number of ether oxygens (including phenoxy) is 1. The van der Waals surface area contributed by atoms with E-state index in [-0.39, 0.29) is 5.69 Å². The number of amides is 1. The molecule has 23 heavy (non-hydrogen) atoms. The third-order valence-corrected chi connectivity index (χ3v) is 2.76. The Balaban J connectivity index is 1.85. The number of non-ortho nitro benzene ring substituents is 1. The smallest absolute Gasteiger partial charge is 0.407 e. The van der Waals surface area contributed by atoms with Gasteiger partial charge in [-0.2, -0.15) is 0 Å². The number of aromatic amines is 1. The number of anilines is 1. The number of carbonyl (C=O) groups is 1. The highest BCUT2D eigenvalue weighted by atomic mass is 16.6. The Morgan fingerprint density at radius 1 is 1.39 bits per heavy atom. The highest BCUT2D eigenvalue weighted by Gasteiger charge is 2.15. The van der Waals surface area contributed by atoms with Crippen LogP contribution in [0.3, 0.4) is 0 Å². The van der Waals surface area contributed by atoms with Gasteiger partial charge in [0, 0.05) is 25.2 Å². The van der Waals surface area contributed by atoms with Gasteiger partial charge in [0.15, 0.2) is 0 Å². The van der Waals surface area contributed by atoms with Crippen LogP contribution in [0.25, 0.3) is 11.0 Å². The number of nitrogens with one attached hydrogen (secondary N) is 3. The quantitative estimate of drug-likeness (QED) is 0.441. The van der Waals surface area contributed by atoms with Crippen molar-refractivity contribution >= 4 is 28.8 Å². The standard InChI is InChI=1S/C14H19N5O4/c1-14(2,3)23-13(20)16-7-6-15-12-17-10-5-4-9(19(21)22)8-11(10)18-12/h4-5,8H,6-7H2,1-3H3,(H,16,20)(H2,15,17,18). The summed E-state index contributed by atoms with van der Waals surface area (Å²) >= 11 is 0. The number of carbonyl (C=O) groups excluding carboxylic acids is 1. The van der Waals surface area contributed by atoms with Crippen LogP contribution in [0.1, 0.15) is 20.8 Å². The molecular weight excluding hydrogens is 302 g/mol. The Morgan fingerprint density at radius 3 is 2.78 bits per heavy atom. The maximum Gasteiger partial charge on any atom is 0.407 e. The van der Waals surface area contributed by atoms with Gasteiger partial charge in [-0.1, -0.05) is 0 Å². The number of hydrogen-bond donors (Lipinski definition) is 3. The minimum absolute atomic E-state index is 0.000655. The number of H-pyrrole nitrogens is 1. The van der Waals surface area contributed by atoms with Crippen LogP contribution in [-0.4, -0.2) is 39.7 Å². The number of fused-ring (bicyclic) bond motifs is 1. The fourth-order valence-electron chi connectivity index (χ4n) is 1.85. The molecule has 0 aliphatic heterocycles. The molecule has 0 aliphatic carbocycles. The van der Waals surface area contributed by atoms with Gasteiger partial charge in [-0.3, -0.25) is 10.1 Å². The number of benzene rings is 1. The van der Waals surface area contributed by atoms with Crippen LogP contribution in [-0.2, 0) is 4.74 Å². The first-order chi connectivity index (χ1) is 10.7. The Morgan fingerprint density at radius 2 is 2.13 bits per heavy atom. The number of hydrogen-bond acceptors (Lipinski definition) is 6. The van der Waals surface area contributed by atoms with Crippen LogP contribution in [0, 0.1) is 10.1 Å². The van der Waals surface area contributed by atoms with Crippen molar-refractivity contribution in [1.29, 1.82) is 0 Å². The summed E-state index contributed by atoms with van der Waals surface area (Å²) in [6, 6.07) is 4.40. The second-order valence-corrected chi connectivity index (χ2v) is 5.90. The molecule has 0 radical (unpaired) electrons. The molecule has 0 saturated heterocycles. The highest BCUT2D eigenvalue weighted by molar-refractivity contribution is 5.79. The number of nitro benzene ring substituents is 1. The normalized spacial score (nSPS) is 11.3. The molecule has 0 bridgehead atoms. The van der Waals surface area contributed by atoms with E-state index < -0.39 is 16.6 Å². The second-order valence-electron chi connectivity index (χ2n) is 5.90. The Labute approximate surface area is 132 Å². The van der Waals surface area contributed by atoms with Gasteiger partial charge in [0.1, 0.15) is 5.60 Å². The predicted octanol–water partition coefficient (Wildman–Crippen LogP) is 2.41. The van der Waals surface area contributed by atoms with Crippen molar-refractivity contribution in [1.82, 2.24) is 15.3 Å². The van der Waals surface area contributed by atoms with E-state index in [0.29, 0.717) is 30.1 Å². The van der Waals surface area contributed by atoms with Crippen LogP contribution in [0.4, 0.5) is 16.4 Å². The van der Waals surface area contributed by atoms with E-state index >= 15 is 0 Å². The predicted molar refractivity (Wildman–Crippen MR) is 85.5 cm³/mol. The number of nitrogens with zero attached hydrogens (tertiary/aromatic N) is 2. The molecule has 0 unspecified atom stereocenters. The average Bonchev–Trinajstić information content (AvgIpc) is 2.83. The largest absolute Gasteiger partial charge is 0.444 e. The summed E-state index contributed by atoms with van der Waals surface area (Å²) in [5.74, 6) is 0.478. The lowest BCUT2D eigenvalue weighted by molar-refractivity contribution is -0.384. The molecule has 1 aromatic heterocycles. The summed E-state index contributed by atoms with van der Waals surface area (Å²) in [4.78, 5) is 28.9. The molecule has 9 heteroatoms. The lowest BCUT2D eigenvalue weighted by Gasteiger charge is -2.19. The fourth-order valence-corrected chi connectivity index (χ4v) is 1.85. The minimum Gasteiger partial charge on any atom is -0.444 e. The third kappa shape index (κ3) is 4.83. The third-order valence-electron chi connectivity index (χ3n) is 2.76. The lowest BCUT2D eigenvalue weighted by Crippen LogP contribution is -2.35. The van der Waals surface area contributed by atoms with Crippen molar-refractivity contribution in [3.8, 4) is 0 Å². The molecule has 1 heterocycles. The van der Waals surface area contributed by atoms with Gasteiger partial charge in [0.05, 0.1) is 16.0 Å². The summed E-state index contributed by atoms with van der Waals surface area (Å²) in [5, 5.41) is 16.3. The molecule has 0 spiro atoms. The lowest BCUT2D eigenvalue weighted by atomic mass is 10.2. The van der Waals surface area contributed by atoms with Crippen LogP contribution < -0.4 is 10.6 Å². The van der Waals surface area contributed by atoms with Gasteiger partial charge < -0.3 is 20.4 Å². The SMILES string of the molecule is CC(C)(C)OC(=O)NCCNc1nc2ccc([N+](=O)[O-])cc2[nH]1. The van der Waals surface area contributed by atoms with E-state index in [1.807, 2.05) is 0 Å². The van der Waals surface area contributed by atoms with Crippen LogP contribution >= 0.6 is 0 Å².